The van der Waals surface area contributed by atoms with Crippen molar-refractivity contribution in [1.29, 1.82) is 0 Å². The van der Waals surface area contributed by atoms with E-state index >= 15 is 0 Å². The number of nitrogens with zero attached hydrogens (tertiary/aromatic N) is 2. The zero-order chi connectivity index (χ0) is 13.7. The zero-order valence-electron chi connectivity index (χ0n) is 11.0. The van der Waals surface area contributed by atoms with Crippen molar-refractivity contribution in [1.82, 2.24) is 15.3 Å². The minimum absolute atomic E-state index is 0.124. The van der Waals surface area contributed by atoms with Crippen LogP contribution < -0.4 is 10.6 Å². The number of para-hydroxylation sites is 1. The highest BCUT2D eigenvalue weighted by Crippen LogP contribution is 2.13. The Bertz CT molecular complexity index is 583. The normalized spacial score (nSPS) is 10.0. The Morgan fingerprint density at radius 2 is 2.05 bits per heavy atom. The predicted molar refractivity (Wildman–Crippen MR) is 73.9 cm³/mol. The molecule has 98 valence electrons. The Morgan fingerprint density at radius 1 is 1.26 bits per heavy atom. The van der Waals surface area contributed by atoms with Crippen LogP contribution in [0.5, 0.6) is 0 Å². The van der Waals surface area contributed by atoms with Crippen LogP contribution in [0.3, 0.4) is 0 Å². The summed E-state index contributed by atoms with van der Waals surface area (Å²) in [4.78, 5) is 20.3. The number of hydrogen-bond donors (Lipinski definition) is 2. The number of rotatable bonds is 4. The van der Waals surface area contributed by atoms with Crippen LogP contribution in [-0.4, -0.2) is 22.9 Å². The van der Waals surface area contributed by atoms with Crippen LogP contribution in [0.4, 0.5) is 5.69 Å². The van der Waals surface area contributed by atoms with E-state index in [1.165, 1.54) is 0 Å². The standard InChI is InChI=1S/C14H16N4O/c1-10-16-8-7-11(18-10)9-17-14(19)12-5-3-4-6-13(12)15-2/h3-8,15H,9H2,1-2H3,(H,17,19). The first-order valence-corrected chi connectivity index (χ1v) is 6.04. The molecule has 19 heavy (non-hydrogen) atoms. The number of hydrogen-bond acceptors (Lipinski definition) is 4. The van der Waals surface area contributed by atoms with Crippen molar-refractivity contribution >= 4 is 11.6 Å². The molecule has 0 radical (unpaired) electrons. The van der Waals surface area contributed by atoms with Gasteiger partial charge >= 0.3 is 0 Å². The van der Waals surface area contributed by atoms with Crippen LogP contribution in [0.25, 0.3) is 0 Å². The highest BCUT2D eigenvalue weighted by molar-refractivity contribution is 5.99. The molecule has 2 rings (SSSR count). The summed E-state index contributed by atoms with van der Waals surface area (Å²) in [6.07, 6.45) is 1.69. The van der Waals surface area contributed by atoms with E-state index in [0.717, 1.165) is 11.4 Å². The number of carbonyl (C=O) groups excluding carboxylic acids is 1. The highest BCUT2D eigenvalue weighted by atomic mass is 16.1. The smallest absolute Gasteiger partial charge is 0.253 e. The molecule has 0 bridgehead atoms. The third-order valence-electron chi connectivity index (χ3n) is 2.70. The van der Waals surface area contributed by atoms with Gasteiger partial charge in [0.25, 0.3) is 5.91 Å². The van der Waals surface area contributed by atoms with Crippen molar-refractivity contribution in [2.24, 2.45) is 0 Å². The molecule has 0 saturated carbocycles. The molecule has 0 aliphatic rings. The van der Waals surface area contributed by atoms with Gasteiger partial charge in [-0.1, -0.05) is 12.1 Å². The topological polar surface area (TPSA) is 66.9 Å². The number of aromatic nitrogens is 2. The lowest BCUT2D eigenvalue weighted by Crippen LogP contribution is -2.24. The van der Waals surface area contributed by atoms with Gasteiger partial charge in [-0.15, -0.1) is 0 Å². The third-order valence-corrected chi connectivity index (χ3v) is 2.70. The van der Waals surface area contributed by atoms with Crippen molar-refractivity contribution < 1.29 is 4.79 Å². The molecule has 0 atom stereocenters. The van der Waals surface area contributed by atoms with Crippen molar-refractivity contribution in [2.75, 3.05) is 12.4 Å². The lowest BCUT2D eigenvalue weighted by atomic mass is 10.1. The van der Waals surface area contributed by atoms with E-state index in [1.807, 2.05) is 25.1 Å². The van der Waals surface area contributed by atoms with E-state index in [2.05, 4.69) is 20.6 Å². The summed E-state index contributed by atoms with van der Waals surface area (Å²) in [5.74, 6) is 0.573. The van der Waals surface area contributed by atoms with Gasteiger partial charge in [0.2, 0.25) is 0 Å². The first-order valence-electron chi connectivity index (χ1n) is 6.04. The second kappa shape index (κ2) is 5.95. The van der Waals surface area contributed by atoms with Crippen molar-refractivity contribution in [2.45, 2.75) is 13.5 Å². The molecule has 0 unspecified atom stereocenters. The molecule has 2 N–H and O–H groups in total. The predicted octanol–water partition coefficient (Wildman–Crippen LogP) is 1.76. The number of benzene rings is 1. The van der Waals surface area contributed by atoms with Crippen LogP contribution in [0.1, 0.15) is 21.9 Å². The van der Waals surface area contributed by atoms with E-state index in [4.69, 9.17) is 0 Å². The summed E-state index contributed by atoms with van der Waals surface area (Å²) < 4.78 is 0. The van der Waals surface area contributed by atoms with Gasteiger partial charge in [-0.25, -0.2) is 9.97 Å². The van der Waals surface area contributed by atoms with Crippen LogP contribution in [-0.2, 0) is 6.54 Å². The maximum absolute atomic E-state index is 12.1. The fourth-order valence-electron chi connectivity index (χ4n) is 1.77. The first-order chi connectivity index (χ1) is 9.20. The number of aryl methyl sites for hydroxylation is 1. The quantitative estimate of drug-likeness (QED) is 0.874. The first kappa shape index (κ1) is 13.0. The maximum atomic E-state index is 12.1. The Morgan fingerprint density at radius 3 is 2.79 bits per heavy atom. The van der Waals surface area contributed by atoms with Crippen LogP contribution >= 0.6 is 0 Å². The fraction of sp³-hybridized carbons (Fsp3) is 0.214. The molecule has 0 aliphatic heterocycles. The van der Waals surface area contributed by atoms with Crippen LogP contribution in [0.15, 0.2) is 36.5 Å². The number of carbonyl (C=O) groups is 1. The Balaban J connectivity index is 2.05. The average Bonchev–Trinajstić information content (AvgIpc) is 2.45. The van der Waals surface area contributed by atoms with Gasteiger partial charge in [0.15, 0.2) is 0 Å². The molecule has 1 heterocycles. The maximum Gasteiger partial charge on any atom is 0.253 e. The van der Waals surface area contributed by atoms with Crippen LogP contribution in [0.2, 0.25) is 0 Å². The molecule has 5 nitrogen and oxygen atoms in total. The van der Waals surface area contributed by atoms with Gasteiger partial charge in [0, 0.05) is 18.9 Å². The SMILES string of the molecule is CNc1ccccc1C(=O)NCc1ccnc(C)n1. The van der Waals surface area contributed by atoms with Gasteiger partial charge in [0.1, 0.15) is 5.82 Å². The summed E-state index contributed by atoms with van der Waals surface area (Å²) in [7, 11) is 1.79. The van der Waals surface area contributed by atoms with E-state index in [9.17, 15) is 4.79 Å². The van der Waals surface area contributed by atoms with E-state index in [-0.39, 0.29) is 5.91 Å². The summed E-state index contributed by atoms with van der Waals surface area (Å²) in [6, 6.07) is 9.16. The summed E-state index contributed by atoms with van der Waals surface area (Å²) in [6.45, 7) is 2.21. The molecule has 1 amide bonds. The Labute approximate surface area is 112 Å². The van der Waals surface area contributed by atoms with Crippen molar-refractivity contribution in [3.05, 3.63) is 53.6 Å². The number of amides is 1. The average molecular weight is 256 g/mol. The van der Waals surface area contributed by atoms with Crippen molar-refractivity contribution in [3.8, 4) is 0 Å². The minimum Gasteiger partial charge on any atom is -0.387 e. The van der Waals surface area contributed by atoms with Gasteiger partial charge in [-0.3, -0.25) is 4.79 Å². The molecule has 0 saturated heterocycles. The largest absolute Gasteiger partial charge is 0.387 e. The zero-order valence-corrected chi connectivity index (χ0v) is 11.0. The number of nitrogens with one attached hydrogen (secondary N) is 2. The number of anilines is 1. The summed E-state index contributed by atoms with van der Waals surface area (Å²) in [5, 5.41) is 5.85. The van der Waals surface area contributed by atoms with Gasteiger partial charge in [-0.05, 0) is 25.1 Å². The third kappa shape index (κ3) is 3.28. The molecule has 1 aromatic heterocycles. The lowest BCUT2D eigenvalue weighted by Gasteiger charge is -2.09. The molecule has 0 aliphatic carbocycles. The summed E-state index contributed by atoms with van der Waals surface area (Å²) >= 11 is 0. The molecule has 2 aromatic rings. The Kier molecular flexibility index (Phi) is 4.07. The molecular formula is C14H16N4O. The minimum atomic E-state index is -0.124. The van der Waals surface area contributed by atoms with Gasteiger partial charge in [-0.2, -0.15) is 0 Å². The summed E-state index contributed by atoms with van der Waals surface area (Å²) in [5.41, 5.74) is 2.22. The molecule has 1 aromatic carbocycles. The second-order valence-corrected chi connectivity index (χ2v) is 4.07. The fourth-order valence-corrected chi connectivity index (χ4v) is 1.77. The van der Waals surface area contributed by atoms with E-state index in [0.29, 0.717) is 17.9 Å². The lowest BCUT2D eigenvalue weighted by molar-refractivity contribution is 0.0951. The molecule has 0 fully saturated rings. The van der Waals surface area contributed by atoms with Gasteiger partial charge < -0.3 is 10.6 Å². The Hall–Kier alpha value is -2.43. The van der Waals surface area contributed by atoms with Crippen LogP contribution in [0, 0.1) is 6.92 Å². The van der Waals surface area contributed by atoms with E-state index < -0.39 is 0 Å². The second-order valence-electron chi connectivity index (χ2n) is 4.07. The van der Waals surface area contributed by atoms with E-state index in [1.54, 1.807) is 25.4 Å². The molecule has 5 heteroatoms. The molecular weight excluding hydrogens is 240 g/mol. The van der Waals surface area contributed by atoms with Crippen molar-refractivity contribution in [3.63, 3.8) is 0 Å². The molecule has 0 spiro atoms. The monoisotopic (exact) mass is 256 g/mol. The highest BCUT2D eigenvalue weighted by Gasteiger charge is 2.09. The van der Waals surface area contributed by atoms with Gasteiger partial charge in [0.05, 0.1) is 17.8 Å².